The summed E-state index contributed by atoms with van der Waals surface area (Å²) in [7, 11) is 0. The minimum atomic E-state index is 0.684. The van der Waals surface area contributed by atoms with Crippen LogP contribution in [-0.2, 0) is 12.3 Å². The highest BCUT2D eigenvalue weighted by Gasteiger charge is 2.16. The third-order valence-corrected chi connectivity index (χ3v) is 6.58. The van der Waals surface area contributed by atoms with Crippen LogP contribution in [0.2, 0.25) is 5.02 Å². The molecular weight excluding hydrogens is 408 g/mol. The number of aryl methyl sites for hydroxylation is 1. The Hall–Kier alpha value is -2.15. The van der Waals surface area contributed by atoms with Crippen LogP contribution in [0.5, 0.6) is 0 Å². The van der Waals surface area contributed by atoms with Crippen molar-refractivity contribution in [3.63, 3.8) is 0 Å². The second-order valence-corrected chi connectivity index (χ2v) is 8.54. The molecule has 28 heavy (non-hydrogen) atoms. The van der Waals surface area contributed by atoms with E-state index >= 15 is 0 Å². The molecule has 0 amide bonds. The summed E-state index contributed by atoms with van der Waals surface area (Å²) in [6.45, 7) is 4.97. The number of hydrogen-bond acceptors (Lipinski definition) is 5. The molecule has 4 nitrogen and oxygen atoms in total. The molecule has 0 aliphatic carbocycles. The molecule has 0 bridgehead atoms. The van der Waals surface area contributed by atoms with Gasteiger partial charge in [-0.25, -0.2) is 4.98 Å². The first-order valence-electron chi connectivity index (χ1n) is 8.98. The third kappa shape index (κ3) is 3.99. The smallest absolute Gasteiger partial charge is 0.191 e. The van der Waals surface area contributed by atoms with Crippen molar-refractivity contribution in [1.82, 2.24) is 19.7 Å². The summed E-state index contributed by atoms with van der Waals surface area (Å²) < 4.78 is 2.10. The van der Waals surface area contributed by atoms with Crippen molar-refractivity contribution in [2.45, 2.75) is 31.3 Å². The molecule has 0 atom stereocenters. The predicted molar refractivity (Wildman–Crippen MR) is 118 cm³/mol. The van der Waals surface area contributed by atoms with E-state index in [4.69, 9.17) is 16.6 Å². The molecule has 142 valence electrons. The average Bonchev–Trinajstić information content (AvgIpc) is 3.33. The lowest BCUT2D eigenvalue weighted by molar-refractivity contribution is 0.687. The van der Waals surface area contributed by atoms with Gasteiger partial charge < -0.3 is 4.57 Å². The zero-order valence-electron chi connectivity index (χ0n) is 15.6. The van der Waals surface area contributed by atoms with Gasteiger partial charge in [-0.2, -0.15) is 0 Å². The van der Waals surface area contributed by atoms with Crippen molar-refractivity contribution in [1.29, 1.82) is 0 Å². The molecule has 2 aromatic carbocycles. The summed E-state index contributed by atoms with van der Waals surface area (Å²) in [5, 5.41) is 13.5. The molecule has 0 fully saturated rings. The number of thioether (sulfide) groups is 1. The van der Waals surface area contributed by atoms with Crippen LogP contribution in [0, 0.1) is 6.92 Å². The third-order valence-electron chi connectivity index (χ3n) is 4.31. The van der Waals surface area contributed by atoms with Crippen LogP contribution in [0.4, 0.5) is 0 Å². The van der Waals surface area contributed by atoms with Gasteiger partial charge >= 0.3 is 0 Å². The molecule has 4 aromatic rings. The van der Waals surface area contributed by atoms with Gasteiger partial charge in [0.25, 0.3) is 0 Å². The van der Waals surface area contributed by atoms with Crippen LogP contribution in [0.1, 0.15) is 18.2 Å². The van der Waals surface area contributed by atoms with Crippen LogP contribution in [0.15, 0.2) is 59.1 Å². The van der Waals surface area contributed by atoms with E-state index in [1.54, 1.807) is 23.1 Å². The van der Waals surface area contributed by atoms with Crippen LogP contribution < -0.4 is 0 Å². The molecule has 7 heteroatoms. The number of hydrogen-bond donors (Lipinski definition) is 0. The van der Waals surface area contributed by atoms with E-state index in [-0.39, 0.29) is 0 Å². The average molecular weight is 427 g/mol. The van der Waals surface area contributed by atoms with E-state index in [1.807, 2.05) is 24.3 Å². The lowest BCUT2D eigenvalue weighted by Crippen LogP contribution is -2.00. The maximum atomic E-state index is 6.35. The number of aromatic nitrogens is 4. The summed E-state index contributed by atoms with van der Waals surface area (Å²) in [5.74, 6) is 1.55. The molecule has 0 N–H and O–H groups in total. The minimum absolute atomic E-state index is 0.684. The summed E-state index contributed by atoms with van der Waals surface area (Å²) in [4.78, 5) is 4.79. The lowest BCUT2D eigenvalue weighted by atomic mass is 10.1. The Labute approximate surface area is 177 Å². The highest BCUT2D eigenvalue weighted by atomic mass is 35.5. The van der Waals surface area contributed by atoms with Crippen molar-refractivity contribution in [2.75, 3.05) is 0 Å². The van der Waals surface area contributed by atoms with Crippen LogP contribution in [-0.4, -0.2) is 19.7 Å². The maximum absolute atomic E-state index is 6.35. The summed E-state index contributed by atoms with van der Waals surface area (Å²) in [6.07, 6.45) is 0. The first-order chi connectivity index (χ1) is 13.7. The van der Waals surface area contributed by atoms with E-state index in [2.05, 4.69) is 58.3 Å². The highest BCUT2D eigenvalue weighted by Crippen LogP contribution is 2.31. The van der Waals surface area contributed by atoms with Gasteiger partial charge in [0, 0.05) is 28.8 Å². The van der Waals surface area contributed by atoms with Crippen molar-refractivity contribution in [3.8, 4) is 22.0 Å². The first kappa shape index (κ1) is 19.2. The molecular formula is C21H19ClN4S2. The van der Waals surface area contributed by atoms with E-state index in [0.717, 1.165) is 39.5 Å². The van der Waals surface area contributed by atoms with Crippen LogP contribution in [0.25, 0.3) is 22.0 Å². The Morgan fingerprint density at radius 1 is 1.11 bits per heavy atom. The Balaban J connectivity index is 1.53. The highest BCUT2D eigenvalue weighted by molar-refractivity contribution is 7.98. The molecule has 0 saturated heterocycles. The summed E-state index contributed by atoms with van der Waals surface area (Å²) in [6, 6.07) is 16.2. The fraction of sp³-hybridized carbons (Fsp3) is 0.190. The zero-order valence-corrected chi connectivity index (χ0v) is 18.0. The normalized spacial score (nSPS) is 11.1. The molecule has 4 rings (SSSR count). The number of benzene rings is 2. The number of halogens is 1. The van der Waals surface area contributed by atoms with Gasteiger partial charge in [-0.3, -0.25) is 0 Å². The van der Waals surface area contributed by atoms with Crippen molar-refractivity contribution in [3.05, 3.63) is 70.2 Å². The number of nitrogens with zero attached hydrogens (tertiary/aromatic N) is 4. The van der Waals surface area contributed by atoms with Gasteiger partial charge in [0.05, 0.1) is 10.7 Å². The van der Waals surface area contributed by atoms with E-state index in [0.29, 0.717) is 5.02 Å². The fourth-order valence-corrected chi connectivity index (χ4v) is 4.98. The van der Waals surface area contributed by atoms with E-state index < -0.39 is 0 Å². The SMILES string of the molecule is CCn1c(SCc2csc(-c3cccc(C)c3)n2)nnc1-c1ccccc1Cl. The Morgan fingerprint density at radius 2 is 1.96 bits per heavy atom. The van der Waals surface area contributed by atoms with Gasteiger partial charge in [0.2, 0.25) is 0 Å². The Bertz CT molecular complexity index is 1100. The molecule has 0 aliphatic heterocycles. The molecule has 0 unspecified atom stereocenters. The standard InChI is InChI=1S/C21H19ClN4S2/c1-3-26-19(17-9-4-5-10-18(17)22)24-25-21(26)28-13-16-12-27-20(23-16)15-8-6-7-14(2)11-15/h4-12H,3,13H2,1-2H3. The molecule has 0 radical (unpaired) electrons. The van der Waals surface area contributed by atoms with Gasteiger partial charge in [-0.1, -0.05) is 59.3 Å². The number of rotatable bonds is 6. The number of thiazole rings is 1. The lowest BCUT2D eigenvalue weighted by Gasteiger charge is -2.08. The van der Waals surface area contributed by atoms with Gasteiger partial charge in [-0.05, 0) is 32.0 Å². The second kappa shape index (κ2) is 8.47. The fourth-order valence-electron chi connectivity index (χ4n) is 2.94. The van der Waals surface area contributed by atoms with E-state index in [1.165, 1.54) is 11.1 Å². The topological polar surface area (TPSA) is 43.6 Å². The molecule has 0 saturated carbocycles. The van der Waals surface area contributed by atoms with Crippen molar-refractivity contribution >= 4 is 34.7 Å². The summed E-state index contributed by atoms with van der Waals surface area (Å²) in [5.41, 5.74) is 4.36. The van der Waals surface area contributed by atoms with Gasteiger partial charge in [-0.15, -0.1) is 21.5 Å². The van der Waals surface area contributed by atoms with Crippen LogP contribution >= 0.6 is 34.7 Å². The minimum Gasteiger partial charge on any atom is -0.302 e. The Morgan fingerprint density at radius 3 is 2.75 bits per heavy atom. The zero-order chi connectivity index (χ0) is 19.5. The quantitative estimate of drug-likeness (QED) is 0.337. The predicted octanol–water partition coefficient (Wildman–Crippen LogP) is 6.34. The van der Waals surface area contributed by atoms with Crippen LogP contribution in [0.3, 0.4) is 0 Å². The van der Waals surface area contributed by atoms with Gasteiger partial charge in [0.15, 0.2) is 11.0 Å². The molecule has 0 aliphatic rings. The molecule has 2 aromatic heterocycles. The largest absolute Gasteiger partial charge is 0.302 e. The molecule has 2 heterocycles. The monoisotopic (exact) mass is 426 g/mol. The second-order valence-electron chi connectivity index (χ2n) is 6.33. The van der Waals surface area contributed by atoms with Gasteiger partial charge in [0.1, 0.15) is 5.01 Å². The first-order valence-corrected chi connectivity index (χ1v) is 11.2. The van der Waals surface area contributed by atoms with E-state index in [9.17, 15) is 0 Å². The maximum Gasteiger partial charge on any atom is 0.191 e. The summed E-state index contributed by atoms with van der Waals surface area (Å²) >= 11 is 9.67. The molecule has 0 spiro atoms. The van der Waals surface area contributed by atoms with Crippen molar-refractivity contribution in [2.24, 2.45) is 0 Å². The Kier molecular flexibility index (Phi) is 5.80. The van der Waals surface area contributed by atoms with Crippen molar-refractivity contribution < 1.29 is 0 Å².